The minimum absolute atomic E-state index is 0.129. The molecular weight excluding hydrogens is 462 g/mol. The van der Waals surface area contributed by atoms with Crippen LogP contribution in [0.25, 0.3) is 10.8 Å². The van der Waals surface area contributed by atoms with Crippen LogP contribution in [0.4, 0.5) is 5.69 Å². The second kappa shape index (κ2) is 9.80. The van der Waals surface area contributed by atoms with Crippen LogP contribution in [0.15, 0.2) is 36.4 Å². The molecule has 4 saturated carbocycles. The minimum atomic E-state index is -0.718. The fraction of sp³-hybridized carbons (Fsp3) is 0.656. The fourth-order valence-electron chi connectivity index (χ4n) is 7.35. The second-order valence-electron chi connectivity index (χ2n) is 13.0. The van der Waals surface area contributed by atoms with Crippen molar-refractivity contribution < 1.29 is 19.4 Å². The van der Waals surface area contributed by atoms with Crippen LogP contribution in [0.3, 0.4) is 0 Å². The van der Waals surface area contributed by atoms with Crippen LogP contribution in [0.2, 0.25) is 0 Å². The molecule has 0 heterocycles. The Balaban J connectivity index is 1.27. The molecule has 0 amide bonds. The van der Waals surface area contributed by atoms with E-state index in [2.05, 4.69) is 69.1 Å². The molecule has 5 heteroatoms. The molecule has 1 unspecified atom stereocenters. The van der Waals surface area contributed by atoms with Crippen molar-refractivity contribution in [2.75, 3.05) is 18.6 Å². The summed E-state index contributed by atoms with van der Waals surface area (Å²) in [7, 11) is 2.14. The molecule has 4 aliphatic rings. The first-order valence-electron chi connectivity index (χ1n) is 14.4. The van der Waals surface area contributed by atoms with Gasteiger partial charge < -0.3 is 19.5 Å². The number of carbonyl (C=O) groups excluding carboxylic acids is 1. The maximum Gasteiger partial charge on any atom is 0.314 e. The van der Waals surface area contributed by atoms with Crippen LogP contribution in [-0.2, 0) is 9.53 Å². The van der Waals surface area contributed by atoms with Gasteiger partial charge in [-0.1, -0.05) is 32.9 Å². The number of anilines is 1. The summed E-state index contributed by atoms with van der Waals surface area (Å²) in [6.45, 7) is 9.26. The summed E-state index contributed by atoms with van der Waals surface area (Å²) in [5, 5.41) is 13.4. The van der Waals surface area contributed by atoms with Gasteiger partial charge in [0.05, 0.1) is 24.2 Å². The molecule has 1 N–H and O–H groups in total. The largest absolute Gasteiger partial charge is 0.490 e. The van der Waals surface area contributed by atoms with Crippen LogP contribution in [0.5, 0.6) is 5.75 Å². The van der Waals surface area contributed by atoms with E-state index in [-0.39, 0.29) is 11.5 Å². The van der Waals surface area contributed by atoms with Crippen molar-refractivity contribution in [3.8, 4) is 5.75 Å². The first kappa shape index (κ1) is 26.3. The molecule has 5 nitrogen and oxygen atoms in total. The Hall–Kier alpha value is -2.27. The van der Waals surface area contributed by atoms with E-state index in [1.807, 2.05) is 6.92 Å². The average Bonchev–Trinajstić information content (AvgIpc) is 2.88. The molecule has 2 bridgehead atoms. The van der Waals surface area contributed by atoms with Gasteiger partial charge in [-0.2, -0.15) is 0 Å². The highest BCUT2D eigenvalue weighted by atomic mass is 16.5. The number of hydrogen-bond donors (Lipinski definition) is 1. The Morgan fingerprint density at radius 2 is 1.65 bits per heavy atom. The molecule has 37 heavy (non-hydrogen) atoms. The predicted octanol–water partition coefficient (Wildman–Crippen LogP) is 6.89. The number of hydrogen-bond acceptors (Lipinski definition) is 5. The normalized spacial score (nSPS) is 31.8. The summed E-state index contributed by atoms with van der Waals surface area (Å²) in [5.41, 5.74) is 0.690. The van der Waals surface area contributed by atoms with Crippen molar-refractivity contribution in [3.05, 3.63) is 36.4 Å². The van der Waals surface area contributed by atoms with Crippen molar-refractivity contribution in [2.45, 2.75) is 103 Å². The van der Waals surface area contributed by atoms with Gasteiger partial charge in [-0.05, 0) is 111 Å². The van der Waals surface area contributed by atoms with Gasteiger partial charge in [0.25, 0.3) is 0 Å². The van der Waals surface area contributed by atoms with Crippen LogP contribution in [0, 0.1) is 16.7 Å². The summed E-state index contributed by atoms with van der Waals surface area (Å²) in [6.07, 6.45) is 8.16. The van der Waals surface area contributed by atoms with Gasteiger partial charge >= 0.3 is 5.97 Å². The van der Waals surface area contributed by atoms with Gasteiger partial charge in [0.2, 0.25) is 0 Å². The topological polar surface area (TPSA) is 59.0 Å². The Labute approximate surface area is 222 Å². The van der Waals surface area contributed by atoms with Gasteiger partial charge in [-0.3, -0.25) is 4.79 Å². The van der Waals surface area contributed by atoms with E-state index in [0.717, 1.165) is 43.0 Å². The number of aliphatic hydroxyl groups excluding tert-OH is 1. The SMILES string of the molecule is CCOC(=O)C12CCC(N(C)c3ccc4cc(O[C@H]5CC[C@H](C(C)(C)C)CC5)ccc4c3)(CC1)CC2O. The van der Waals surface area contributed by atoms with E-state index in [0.29, 0.717) is 37.4 Å². The summed E-state index contributed by atoms with van der Waals surface area (Å²) < 4.78 is 11.8. The molecule has 1 atom stereocenters. The number of benzene rings is 2. The lowest BCUT2D eigenvalue weighted by molar-refractivity contribution is -0.177. The molecule has 0 spiro atoms. The number of esters is 1. The fourth-order valence-corrected chi connectivity index (χ4v) is 7.35. The number of aliphatic hydroxyl groups is 1. The van der Waals surface area contributed by atoms with E-state index in [1.54, 1.807) is 0 Å². The first-order chi connectivity index (χ1) is 17.6. The Kier molecular flexibility index (Phi) is 6.97. The maximum atomic E-state index is 12.7. The van der Waals surface area contributed by atoms with Crippen molar-refractivity contribution in [2.24, 2.45) is 16.7 Å². The van der Waals surface area contributed by atoms with Crippen molar-refractivity contribution in [3.63, 3.8) is 0 Å². The standard InChI is InChI=1S/C32H45NO4/c1-6-36-29(35)32-17-15-31(16-18-32,21-28(32)34)33(5)25-11-7-23-20-27(12-8-22(23)19-25)37-26-13-9-24(10-14-26)30(2,3)4/h7-8,11-12,19-20,24,26,28,34H,6,9-10,13-18,21H2,1-5H3/t24-,26-,28?,31?,32?. The van der Waals surface area contributed by atoms with Crippen molar-refractivity contribution in [1.29, 1.82) is 0 Å². The molecule has 2 aromatic carbocycles. The lowest BCUT2D eigenvalue weighted by atomic mass is 9.55. The Bertz CT molecular complexity index is 1120. The third kappa shape index (κ3) is 4.84. The Morgan fingerprint density at radius 1 is 1.00 bits per heavy atom. The van der Waals surface area contributed by atoms with Gasteiger partial charge in [-0.15, -0.1) is 0 Å². The first-order valence-corrected chi connectivity index (χ1v) is 14.4. The van der Waals surface area contributed by atoms with Crippen LogP contribution in [-0.4, -0.2) is 42.5 Å². The smallest absolute Gasteiger partial charge is 0.314 e. The molecule has 4 aliphatic carbocycles. The zero-order valence-corrected chi connectivity index (χ0v) is 23.4. The number of fused-ring (bicyclic) bond motifs is 4. The number of carbonyl (C=O) groups is 1. The van der Waals surface area contributed by atoms with Crippen LogP contribution >= 0.6 is 0 Å². The zero-order chi connectivity index (χ0) is 26.4. The molecular formula is C32H45NO4. The minimum Gasteiger partial charge on any atom is -0.490 e. The third-order valence-electron chi connectivity index (χ3n) is 10.1. The summed E-state index contributed by atoms with van der Waals surface area (Å²) in [5.74, 6) is 1.53. The average molecular weight is 508 g/mol. The van der Waals surface area contributed by atoms with E-state index in [4.69, 9.17) is 9.47 Å². The molecule has 0 aliphatic heterocycles. The number of nitrogens with zero attached hydrogens (tertiary/aromatic N) is 1. The molecule has 0 saturated heterocycles. The molecule has 6 rings (SSSR count). The van der Waals surface area contributed by atoms with E-state index in [9.17, 15) is 9.90 Å². The highest BCUT2D eigenvalue weighted by Gasteiger charge is 2.60. The highest BCUT2D eigenvalue weighted by molar-refractivity contribution is 5.87. The lowest BCUT2D eigenvalue weighted by Gasteiger charge is -2.58. The van der Waals surface area contributed by atoms with Gasteiger partial charge in [0.15, 0.2) is 0 Å². The molecule has 4 fully saturated rings. The number of rotatable bonds is 6. The van der Waals surface area contributed by atoms with Crippen LogP contribution in [0.1, 0.15) is 85.5 Å². The summed E-state index contributed by atoms with van der Waals surface area (Å²) in [4.78, 5) is 15.0. The van der Waals surface area contributed by atoms with Crippen molar-refractivity contribution >= 4 is 22.4 Å². The van der Waals surface area contributed by atoms with Crippen molar-refractivity contribution in [1.82, 2.24) is 0 Å². The zero-order valence-electron chi connectivity index (χ0n) is 23.4. The molecule has 202 valence electrons. The summed E-state index contributed by atoms with van der Waals surface area (Å²) >= 11 is 0. The predicted molar refractivity (Wildman–Crippen MR) is 149 cm³/mol. The third-order valence-corrected chi connectivity index (χ3v) is 10.1. The summed E-state index contributed by atoms with van der Waals surface area (Å²) in [6, 6.07) is 13.1. The Morgan fingerprint density at radius 3 is 2.27 bits per heavy atom. The van der Waals surface area contributed by atoms with E-state index in [1.165, 1.54) is 23.6 Å². The van der Waals surface area contributed by atoms with E-state index < -0.39 is 11.5 Å². The van der Waals surface area contributed by atoms with Gasteiger partial charge in [0, 0.05) is 18.3 Å². The second-order valence-corrected chi connectivity index (χ2v) is 13.0. The van der Waals surface area contributed by atoms with Crippen LogP contribution < -0.4 is 9.64 Å². The quantitative estimate of drug-likeness (QED) is 0.432. The van der Waals surface area contributed by atoms with Gasteiger partial charge in [-0.25, -0.2) is 0 Å². The molecule has 2 aromatic rings. The van der Waals surface area contributed by atoms with E-state index >= 15 is 0 Å². The lowest BCUT2D eigenvalue weighted by Crippen LogP contribution is -2.63. The monoisotopic (exact) mass is 507 g/mol. The molecule has 0 radical (unpaired) electrons. The van der Waals surface area contributed by atoms with Gasteiger partial charge in [0.1, 0.15) is 5.75 Å². The highest BCUT2D eigenvalue weighted by Crippen LogP contribution is 2.55. The molecule has 0 aromatic heterocycles. The number of ether oxygens (including phenoxy) is 2. The maximum absolute atomic E-state index is 12.7.